The van der Waals surface area contributed by atoms with Crippen molar-refractivity contribution in [2.75, 3.05) is 5.75 Å². The van der Waals surface area contributed by atoms with Crippen LogP contribution in [0.3, 0.4) is 0 Å². The van der Waals surface area contributed by atoms with E-state index in [0.717, 1.165) is 18.7 Å². The van der Waals surface area contributed by atoms with E-state index in [-0.39, 0.29) is 5.78 Å². The number of halogens is 2. The van der Waals surface area contributed by atoms with E-state index in [2.05, 4.69) is 31.9 Å². The van der Waals surface area contributed by atoms with E-state index in [0.29, 0.717) is 12.2 Å². The molecule has 0 spiro atoms. The Morgan fingerprint density at radius 2 is 2.06 bits per heavy atom. The number of carbonyl (C=O) groups is 1. The number of rotatable bonds is 5. The molecule has 18 heavy (non-hydrogen) atoms. The van der Waals surface area contributed by atoms with Crippen molar-refractivity contribution in [2.45, 2.75) is 11.3 Å². The van der Waals surface area contributed by atoms with Gasteiger partial charge in [-0.15, -0.1) is 23.1 Å². The molecule has 0 saturated carbocycles. The molecule has 0 aliphatic heterocycles. The van der Waals surface area contributed by atoms with E-state index in [1.165, 1.54) is 0 Å². The first-order valence-electron chi connectivity index (χ1n) is 5.26. The van der Waals surface area contributed by atoms with Crippen molar-refractivity contribution in [1.82, 2.24) is 0 Å². The summed E-state index contributed by atoms with van der Waals surface area (Å²) in [5.74, 6) is 0.778. The van der Waals surface area contributed by atoms with E-state index >= 15 is 0 Å². The Balaban J connectivity index is 1.85. The average molecular weight is 406 g/mol. The summed E-state index contributed by atoms with van der Waals surface area (Å²) in [4.78, 5) is 14.1. The summed E-state index contributed by atoms with van der Waals surface area (Å²) in [6, 6.07) is 10.0. The second-order valence-corrected chi connectivity index (χ2v) is 7.57. The van der Waals surface area contributed by atoms with Crippen molar-refractivity contribution in [3.05, 3.63) is 49.5 Å². The topological polar surface area (TPSA) is 17.1 Å². The van der Waals surface area contributed by atoms with Crippen molar-refractivity contribution in [3.8, 4) is 0 Å². The van der Waals surface area contributed by atoms with Crippen LogP contribution in [0.1, 0.15) is 4.88 Å². The molecule has 1 aromatic carbocycles. The first-order valence-corrected chi connectivity index (χ1v) is 8.71. The van der Waals surface area contributed by atoms with Crippen LogP contribution in [0.25, 0.3) is 0 Å². The van der Waals surface area contributed by atoms with Crippen molar-refractivity contribution in [2.24, 2.45) is 0 Å². The lowest BCUT2D eigenvalue weighted by Crippen LogP contribution is -2.04. The molecule has 94 valence electrons. The number of hydrogen-bond donors (Lipinski definition) is 0. The SMILES string of the molecule is O=C(CSc1cccc(Br)c1)Cc1cc(Br)cs1. The minimum absolute atomic E-state index is 0.259. The molecule has 0 amide bonds. The lowest BCUT2D eigenvalue weighted by Gasteiger charge is -2.01. The summed E-state index contributed by atoms with van der Waals surface area (Å²) in [6.45, 7) is 0. The van der Waals surface area contributed by atoms with Gasteiger partial charge in [-0.05, 0) is 40.2 Å². The molecule has 5 heteroatoms. The highest BCUT2D eigenvalue weighted by atomic mass is 79.9. The van der Waals surface area contributed by atoms with Gasteiger partial charge in [0.2, 0.25) is 0 Å². The summed E-state index contributed by atoms with van der Waals surface area (Å²) >= 11 is 10.0. The number of thioether (sulfide) groups is 1. The Morgan fingerprint density at radius 1 is 1.22 bits per heavy atom. The largest absolute Gasteiger partial charge is 0.298 e. The molecule has 0 bridgehead atoms. The highest BCUT2D eigenvalue weighted by molar-refractivity contribution is 9.10. The first kappa shape index (κ1) is 14.3. The molecular weight excluding hydrogens is 396 g/mol. The minimum Gasteiger partial charge on any atom is -0.298 e. The number of hydrogen-bond acceptors (Lipinski definition) is 3. The van der Waals surface area contributed by atoms with Gasteiger partial charge in [-0.2, -0.15) is 0 Å². The van der Waals surface area contributed by atoms with Crippen LogP contribution in [-0.2, 0) is 11.2 Å². The standard InChI is InChI=1S/C13H10Br2OS2/c14-9-2-1-3-12(4-9)18-8-11(16)6-13-5-10(15)7-17-13/h1-5,7H,6,8H2. The van der Waals surface area contributed by atoms with Gasteiger partial charge < -0.3 is 0 Å². The van der Waals surface area contributed by atoms with E-state index in [4.69, 9.17) is 0 Å². The average Bonchev–Trinajstić information content (AvgIpc) is 2.72. The monoisotopic (exact) mass is 404 g/mol. The summed E-state index contributed by atoms with van der Waals surface area (Å²) in [5, 5.41) is 2.00. The van der Waals surface area contributed by atoms with E-state index in [9.17, 15) is 4.79 Å². The minimum atomic E-state index is 0.259. The highest BCUT2D eigenvalue weighted by Gasteiger charge is 2.07. The molecule has 0 radical (unpaired) electrons. The van der Waals surface area contributed by atoms with Gasteiger partial charge in [0, 0.05) is 30.5 Å². The smallest absolute Gasteiger partial charge is 0.148 e. The van der Waals surface area contributed by atoms with E-state index in [1.807, 2.05) is 35.7 Å². The van der Waals surface area contributed by atoms with Crippen LogP contribution in [0.15, 0.2) is 49.6 Å². The number of thiophene rings is 1. The van der Waals surface area contributed by atoms with Gasteiger partial charge >= 0.3 is 0 Å². The third-order valence-corrected chi connectivity index (χ3v) is 5.43. The lowest BCUT2D eigenvalue weighted by atomic mass is 10.3. The Morgan fingerprint density at radius 3 is 2.72 bits per heavy atom. The summed E-state index contributed by atoms with van der Waals surface area (Å²) in [6.07, 6.45) is 0.525. The van der Waals surface area contributed by atoms with Crippen LogP contribution in [-0.4, -0.2) is 11.5 Å². The predicted octanol–water partition coefficient (Wildman–Crippen LogP) is 5.18. The van der Waals surface area contributed by atoms with Crippen LogP contribution in [0.2, 0.25) is 0 Å². The molecule has 0 aliphatic carbocycles. The molecule has 1 nitrogen and oxygen atoms in total. The fourth-order valence-corrected chi connectivity index (χ4v) is 4.26. The summed E-state index contributed by atoms with van der Waals surface area (Å²) in [5.41, 5.74) is 0. The third kappa shape index (κ3) is 4.53. The van der Waals surface area contributed by atoms with Gasteiger partial charge in [0.25, 0.3) is 0 Å². The van der Waals surface area contributed by atoms with Crippen molar-refractivity contribution in [3.63, 3.8) is 0 Å². The molecule has 0 atom stereocenters. The Bertz CT molecular complexity index is 551. The number of carbonyl (C=O) groups excluding carboxylic acids is 1. The number of ketones is 1. The highest BCUT2D eigenvalue weighted by Crippen LogP contribution is 2.24. The van der Waals surface area contributed by atoms with Crippen LogP contribution in [0, 0.1) is 0 Å². The third-order valence-electron chi connectivity index (χ3n) is 2.19. The zero-order valence-electron chi connectivity index (χ0n) is 9.36. The first-order chi connectivity index (χ1) is 8.63. The molecule has 0 saturated heterocycles. The van der Waals surface area contributed by atoms with Crippen LogP contribution < -0.4 is 0 Å². The summed E-state index contributed by atoms with van der Waals surface area (Å²) in [7, 11) is 0. The van der Waals surface area contributed by atoms with Gasteiger partial charge in [-0.25, -0.2) is 0 Å². The second-order valence-electron chi connectivity index (χ2n) is 3.69. The Hall–Kier alpha value is -0.100. The molecule has 0 aliphatic rings. The maximum Gasteiger partial charge on any atom is 0.148 e. The zero-order valence-corrected chi connectivity index (χ0v) is 14.2. The fourth-order valence-electron chi connectivity index (χ4n) is 1.41. The van der Waals surface area contributed by atoms with Gasteiger partial charge in [0.05, 0.1) is 5.75 Å². The summed E-state index contributed by atoms with van der Waals surface area (Å²) < 4.78 is 2.09. The van der Waals surface area contributed by atoms with Crippen molar-refractivity contribution in [1.29, 1.82) is 0 Å². The van der Waals surface area contributed by atoms with Crippen LogP contribution in [0.4, 0.5) is 0 Å². The quantitative estimate of drug-likeness (QED) is 0.637. The molecule has 1 heterocycles. The van der Waals surface area contributed by atoms with Gasteiger partial charge in [-0.1, -0.05) is 22.0 Å². The fraction of sp³-hybridized carbons (Fsp3) is 0.154. The second kappa shape index (κ2) is 6.89. The molecule has 0 unspecified atom stereocenters. The normalized spacial score (nSPS) is 10.6. The zero-order chi connectivity index (χ0) is 13.0. The Labute approximate surface area is 131 Å². The van der Waals surface area contributed by atoms with E-state index < -0.39 is 0 Å². The maximum atomic E-state index is 11.8. The Kier molecular flexibility index (Phi) is 5.48. The molecule has 0 fully saturated rings. The van der Waals surface area contributed by atoms with Gasteiger partial charge in [0.1, 0.15) is 5.78 Å². The maximum absolute atomic E-state index is 11.8. The lowest BCUT2D eigenvalue weighted by molar-refractivity contribution is -0.115. The number of Topliss-reactive ketones (excluding diaryl/α,β-unsaturated/α-hetero) is 1. The van der Waals surface area contributed by atoms with Crippen LogP contribution >= 0.6 is 55.0 Å². The molecule has 2 rings (SSSR count). The van der Waals surface area contributed by atoms with Crippen molar-refractivity contribution < 1.29 is 4.79 Å². The van der Waals surface area contributed by atoms with Crippen LogP contribution in [0.5, 0.6) is 0 Å². The molecule has 1 aromatic heterocycles. The molecule has 2 aromatic rings. The van der Waals surface area contributed by atoms with Gasteiger partial charge in [0.15, 0.2) is 0 Å². The van der Waals surface area contributed by atoms with Gasteiger partial charge in [-0.3, -0.25) is 4.79 Å². The molecular formula is C13H10Br2OS2. The molecule has 0 N–H and O–H groups in total. The van der Waals surface area contributed by atoms with E-state index in [1.54, 1.807) is 23.1 Å². The van der Waals surface area contributed by atoms with Crippen molar-refractivity contribution >= 4 is 60.7 Å². The number of benzene rings is 1. The predicted molar refractivity (Wildman–Crippen MR) is 85.6 cm³/mol.